The fourth-order valence-corrected chi connectivity index (χ4v) is 2.15. The zero-order valence-electron chi connectivity index (χ0n) is 11.1. The largest absolute Gasteiger partial charge is 0.387 e. The fourth-order valence-electron chi connectivity index (χ4n) is 1.61. The highest BCUT2D eigenvalue weighted by Crippen LogP contribution is 2.23. The molecule has 0 heterocycles. The van der Waals surface area contributed by atoms with Crippen molar-refractivity contribution in [3.63, 3.8) is 0 Å². The Hall–Kier alpha value is -1.30. The molecule has 0 aromatic heterocycles. The molecule has 0 aliphatic rings. The summed E-state index contributed by atoms with van der Waals surface area (Å²) in [7, 11) is 0. The predicted octanol–water partition coefficient (Wildman–Crippen LogP) is 1.67. The summed E-state index contributed by atoms with van der Waals surface area (Å²) in [5, 5.41) is 15.8. The van der Waals surface area contributed by atoms with Gasteiger partial charge in [-0.25, -0.2) is 0 Å². The van der Waals surface area contributed by atoms with Crippen molar-refractivity contribution in [1.29, 1.82) is 0 Å². The highest BCUT2D eigenvalue weighted by Gasteiger charge is 2.16. The molecule has 20 heavy (non-hydrogen) atoms. The SMILES string of the molecule is CC(=O)NC(C)C(=O)NCC(O)c1cc(Cl)cc(Cl)c1. The van der Waals surface area contributed by atoms with Crippen LogP contribution in [0.25, 0.3) is 0 Å². The Balaban J connectivity index is 2.56. The quantitative estimate of drug-likeness (QED) is 0.772. The third kappa shape index (κ3) is 5.36. The lowest BCUT2D eigenvalue weighted by atomic mass is 10.1. The Morgan fingerprint density at radius 2 is 1.80 bits per heavy atom. The van der Waals surface area contributed by atoms with Crippen LogP contribution in [-0.4, -0.2) is 29.5 Å². The summed E-state index contributed by atoms with van der Waals surface area (Å²) in [6, 6.07) is 4.03. The summed E-state index contributed by atoms with van der Waals surface area (Å²) in [6.07, 6.45) is -0.931. The molecule has 1 aromatic rings. The smallest absolute Gasteiger partial charge is 0.242 e. The second-order valence-electron chi connectivity index (χ2n) is 4.39. The van der Waals surface area contributed by atoms with Crippen LogP contribution in [0.5, 0.6) is 0 Å². The first kappa shape index (κ1) is 16.8. The summed E-state index contributed by atoms with van der Waals surface area (Å²) in [5.74, 6) is -0.679. The van der Waals surface area contributed by atoms with E-state index < -0.39 is 12.1 Å². The fraction of sp³-hybridized carbons (Fsp3) is 0.385. The number of rotatable bonds is 5. The van der Waals surface area contributed by atoms with Crippen molar-refractivity contribution in [3.8, 4) is 0 Å². The van der Waals surface area contributed by atoms with Gasteiger partial charge in [0.15, 0.2) is 0 Å². The Morgan fingerprint density at radius 1 is 1.25 bits per heavy atom. The minimum Gasteiger partial charge on any atom is -0.387 e. The van der Waals surface area contributed by atoms with Crippen molar-refractivity contribution >= 4 is 35.0 Å². The number of aliphatic hydroxyl groups excluding tert-OH is 1. The van der Waals surface area contributed by atoms with Gasteiger partial charge < -0.3 is 15.7 Å². The van der Waals surface area contributed by atoms with Gasteiger partial charge in [-0.05, 0) is 30.7 Å². The van der Waals surface area contributed by atoms with E-state index in [0.29, 0.717) is 15.6 Å². The van der Waals surface area contributed by atoms with Crippen LogP contribution in [0.15, 0.2) is 18.2 Å². The third-order valence-corrected chi connectivity index (χ3v) is 2.99. The number of carbonyl (C=O) groups excluding carboxylic acids is 2. The van der Waals surface area contributed by atoms with Crippen molar-refractivity contribution in [2.45, 2.75) is 26.0 Å². The molecule has 0 radical (unpaired) electrons. The topological polar surface area (TPSA) is 78.4 Å². The maximum atomic E-state index is 11.7. The van der Waals surface area contributed by atoms with Crippen LogP contribution >= 0.6 is 23.2 Å². The van der Waals surface area contributed by atoms with Crippen molar-refractivity contribution in [2.75, 3.05) is 6.54 Å². The molecule has 2 atom stereocenters. The van der Waals surface area contributed by atoms with Crippen LogP contribution in [-0.2, 0) is 9.59 Å². The van der Waals surface area contributed by atoms with Gasteiger partial charge in [0, 0.05) is 23.5 Å². The van der Waals surface area contributed by atoms with Gasteiger partial charge in [0.2, 0.25) is 11.8 Å². The highest BCUT2D eigenvalue weighted by atomic mass is 35.5. The Bertz CT molecular complexity index is 488. The van der Waals surface area contributed by atoms with Crippen molar-refractivity contribution < 1.29 is 14.7 Å². The van der Waals surface area contributed by atoms with Crippen LogP contribution < -0.4 is 10.6 Å². The molecular weight excluding hydrogens is 303 g/mol. The first-order valence-corrected chi connectivity index (χ1v) is 6.74. The average molecular weight is 319 g/mol. The molecule has 0 aliphatic heterocycles. The molecular formula is C13H16Cl2N2O3. The van der Waals surface area contributed by atoms with E-state index in [1.807, 2.05) is 0 Å². The van der Waals surface area contributed by atoms with Crippen LogP contribution in [0.4, 0.5) is 0 Å². The molecule has 0 bridgehead atoms. The lowest BCUT2D eigenvalue weighted by Crippen LogP contribution is -2.45. The van der Waals surface area contributed by atoms with Gasteiger partial charge in [0.05, 0.1) is 6.10 Å². The molecule has 0 saturated heterocycles. The number of halogens is 2. The zero-order valence-corrected chi connectivity index (χ0v) is 12.6. The number of aliphatic hydroxyl groups is 1. The minimum atomic E-state index is -0.931. The zero-order chi connectivity index (χ0) is 15.3. The molecule has 0 fully saturated rings. The van der Waals surface area contributed by atoms with E-state index in [1.165, 1.54) is 6.92 Å². The molecule has 2 amide bonds. The maximum absolute atomic E-state index is 11.7. The van der Waals surface area contributed by atoms with E-state index in [-0.39, 0.29) is 18.4 Å². The predicted molar refractivity (Wildman–Crippen MR) is 77.7 cm³/mol. The second-order valence-corrected chi connectivity index (χ2v) is 5.26. The van der Waals surface area contributed by atoms with Gasteiger partial charge in [-0.2, -0.15) is 0 Å². The number of benzene rings is 1. The second kappa shape index (κ2) is 7.47. The first-order chi connectivity index (χ1) is 9.29. The van der Waals surface area contributed by atoms with Gasteiger partial charge in [-0.3, -0.25) is 9.59 Å². The summed E-state index contributed by atoms with van der Waals surface area (Å²) < 4.78 is 0. The van der Waals surface area contributed by atoms with E-state index in [4.69, 9.17) is 23.2 Å². The van der Waals surface area contributed by atoms with Crippen LogP contribution in [0.2, 0.25) is 10.0 Å². The molecule has 2 unspecified atom stereocenters. The van der Waals surface area contributed by atoms with Gasteiger partial charge in [-0.15, -0.1) is 0 Å². The molecule has 0 aliphatic carbocycles. The Labute approximate surface area is 127 Å². The molecule has 0 saturated carbocycles. The normalized spacial score (nSPS) is 13.4. The van der Waals surface area contributed by atoms with Crippen molar-refractivity contribution in [2.24, 2.45) is 0 Å². The Morgan fingerprint density at radius 3 is 2.30 bits per heavy atom. The Kier molecular flexibility index (Phi) is 6.26. The van der Waals surface area contributed by atoms with Crippen molar-refractivity contribution in [1.82, 2.24) is 10.6 Å². The number of hydrogen-bond acceptors (Lipinski definition) is 3. The third-order valence-electron chi connectivity index (χ3n) is 2.55. The van der Waals surface area contributed by atoms with Crippen LogP contribution in [0, 0.1) is 0 Å². The molecule has 1 aromatic carbocycles. The van der Waals surface area contributed by atoms with E-state index in [0.717, 1.165) is 0 Å². The lowest BCUT2D eigenvalue weighted by molar-refractivity contribution is -0.127. The molecule has 110 valence electrons. The lowest BCUT2D eigenvalue weighted by Gasteiger charge is -2.16. The number of hydrogen-bond donors (Lipinski definition) is 3. The summed E-state index contributed by atoms with van der Waals surface area (Å²) >= 11 is 11.7. The molecule has 1 rings (SSSR count). The molecule has 0 spiro atoms. The number of nitrogens with one attached hydrogen (secondary N) is 2. The van der Waals surface area contributed by atoms with E-state index >= 15 is 0 Å². The summed E-state index contributed by atoms with van der Waals surface area (Å²) in [5.41, 5.74) is 0.509. The van der Waals surface area contributed by atoms with Gasteiger partial charge in [0.1, 0.15) is 6.04 Å². The van der Waals surface area contributed by atoms with E-state index in [9.17, 15) is 14.7 Å². The van der Waals surface area contributed by atoms with E-state index in [2.05, 4.69) is 10.6 Å². The standard InChI is InChI=1S/C13H16Cl2N2O3/c1-7(17-8(2)18)13(20)16-6-12(19)9-3-10(14)5-11(15)4-9/h3-5,7,12,19H,6H2,1-2H3,(H,16,20)(H,17,18). The monoisotopic (exact) mass is 318 g/mol. The van der Waals surface area contributed by atoms with Crippen LogP contribution in [0.1, 0.15) is 25.5 Å². The molecule has 5 nitrogen and oxygen atoms in total. The summed E-state index contributed by atoms with van der Waals surface area (Å²) in [4.78, 5) is 22.5. The highest BCUT2D eigenvalue weighted by molar-refractivity contribution is 6.34. The van der Waals surface area contributed by atoms with Crippen LogP contribution in [0.3, 0.4) is 0 Å². The maximum Gasteiger partial charge on any atom is 0.242 e. The minimum absolute atomic E-state index is 0.000566. The number of carbonyl (C=O) groups is 2. The summed E-state index contributed by atoms with van der Waals surface area (Å²) in [6.45, 7) is 2.88. The molecule has 3 N–H and O–H groups in total. The van der Waals surface area contributed by atoms with Gasteiger partial charge in [-0.1, -0.05) is 23.2 Å². The first-order valence-electron chi connectivity index (χ1n) is 5.98. The molecule has 7 heteroatoms. The average Bonchev–Trinajstić information content (AvgIpc) is 2.33. The number of amides is 2. The van der Waals surface area contributed by atoms with Crippen molar-refractivity contribution in [3.05, 3.63) is 33.8 Å². The van der Waals surface area contributed by atoms with Gasteiger partial charge >= 0.3 is 0 Å². The van der Waals surface area contributed by atoms with E-state index in [1.54, 1.807) is 25.1 Å². The van der Waals surface area contributed by atoms with Gasteiger partial charge in [0.25, 0.3) is 0 Å².